The minimum atomic E-state index is -0.326. The van der Waals surface area contributed by atoms with Gasteiger partial charge in [0.15, 0.2) is 0 Å². The predicted molar refractivity (Wildman–Crippen MR) is 73.3 cm³/mol. The molecule has 5 heteroatoms. The number of imidazole rings is 1. The van der Waals surface area contributed by atoms with Gasteiger partial charge in [0.05, 0.1) is 12.8 Å². The number of anilines is 2. The summed E-state index contributed by atoms with van der Waals surface area (Å²) >= 11 is 0. The van der Waals surface area contributed by atoms with Gasteiger partial charge in [0.1, 0.15) is 11.6 Å². The molecule has 0 bridgehead atoms. The lowest BCUT2D eigenvalue weighted by atomic mass is 10.2. The second-order valence-electron chi connectivity index (χ2n) is 4.77. The molecule has 1 N–H and O–H groups in total. The number of rotatable bonds is 5. The van der Waals surface area contributed by atoms with Crippen LogP contribution in [0.1, 0.15) is 13.8 Å². The average molecular weight is 263 g/mol. The first kappa shape index (κ1) is 13.4. The zero-order valence-electron chi connectivity index (χ0n) is 11.4. The molecule has 19 heavy (non-hydrogen) atoms. The zero-order chi connectivity index (χ0) is 13.8. The number of benzene rings is 1. The molecular weight excluding hydrogens is 245 g/mol. The van der Waals surface area contributed by atoms with Crippen LogP contribution in [0.2, 0.25) is 0 Å². The van der Waals surface area contributed by atoms with Gasteiger partial charge in [0, 0.05) is 25.0 Å². The van der Waals surface area contributed by atoms with Crippen LogP contribution >= 0.6 is 0 Å². The normalized spacial score (nSPS) is 10.8. The highest BCUT2D eigenvalue weighted by molar-refractivity contribution is 5.62. The molecule has 0 amide bonds. The Kier molecular flexibility index (Phi) is 4.04. The van der Waals surface area contributed by atoms with Gasteiger partial charge in [-0.05, 0) is 18.1 Å². The van der Waals surface area contributed by atoms with Crippen molar-refractivity contribution >= 4 is 11.6 Å². The molecule has 1 aromatic heterocycles. The summed E-state index contributed by atoms with van der Waals surface area (Å²) in [7, 11) is 1.51. The molecule has 4 nitrogen and oxygen atoms in total. The maximum atomic E-state index is 13.1. The van der Waals surface area contributed by atoms with E-state index in [2.05, 4.69) is 24.1 Å². The summed E-state index contributed by atoms with van der Waals surface area (Å²) in [6.07, 6.45) is 3.65. The third-order valence-corrected chi connectivity index (χ3v) is 2.69. The number of methoxy groups -OCH3 is 1. The Bertz CT molecular complexity index is 551. The summed E-state index contributed by atoms with van der Waals surface area (Å²) in [6, 6.07) is 4.38. The minimum absolute atomic E-state index is 0.326. The Labute approximate surface area is 112 Å². The molecule has 0 saturated heterocycles. The van der Waals surface area contributed by atoms with Crippen molar-refractivity contribution in [2.45, 2.75) is 20.4 Å². The monoisotopic (exact) mass is 263 g/mol. The zero-order valence-corrected chi connectivity index (χ0v) is 11.4. The van der Waals surface area contributed by atoms with Crippen LogP contribution < -0.4 is 10.1 Å². The van der Waals surface area contributed by atoms with Crippen molar-refractivity contribution in [2.75, 3.05) is 12.4 Å². The minimum Gasteiger partial charge on any atom is -0.494 e. The fourth-order valence-electron chi connectivity index (χ4n) is 1.86. The van der Waals surface area contributed by atoms with E-state index in [1.807, 2.05) is 10.8 Å². The lowest BCUT2D eigenvalue weighted by Crippen LogP contribution is -2.08. The molecule has 2 rings (SSSR count). The van der Waals surface area contributed by atoms with Gasteiger partial charge in [0.2, 0.25) is 5.95 Å². The summed E-state index contributed by atoms with van der Waals surface area (Å²) in [5.41, 5.74) is 0.695. The molecule has 0 saturated carbocycles. The number of nitrogens with one attached hydrogen (secondary N) is 1. The van der Waals surface area contributed by atoms with E-state index in [-0.39, 0.29) is 5.82 Å². The van der Waals surface area contributed by atoms with Crippen molar-refractivity contribution in [1.29, 1.82) is 0 Å². The summed E-state index contributed by atoms with van der Waals surface area (Å²) in [4.78, 5) is 4.26. The van der Waals surface area contributed by atoms with Gasteiger partial charge in [-0.25, -0.2) is 9.37 Å². The van der Waals surface area contributed by atoms with Crippen molar-refractivity contribution in [2.24, 2.45) is 5.92 Å². The standard InChI is InChI=1S/C14H18FN3O/c1-10(2)9-18-7-6-16-14(18)17-12-5-4-11(15)8-13(12)19-3/h4-8,10H,9H2,1-3H3,(H,16,17). The second-order valence-corrected chi connectivity index (χ2v) is 4.77. The smallest absolute Gasteiger partial charge is 0.207 e. The molecule has 1 aromatic carbocycles. The van der Waals surface area contributed by atoms with Gasteiger partial charge in [-0.15, -0.1) is 0 Å². The highest BCUT2D eigenvalue weighted by atomic mass is 19.1. The molecule has 0 aliphatic carbocycles. The van der Waals surface area contributed by atoms with Gasteiger partial charge >= 0.3 is 0 Å². The van der Waals surface area contributed by atoms with Gasteiger partial charge in [-0.1, -0.05) is 13.8 Å². The molecule has 0 aliphatic rings. The Hall–Kier alpha value is -2.04. The maximum Gasteiger partial charge on any atom is 0.207 e. The Morgan fingerprint density at radius 3 is 2.89 bits per heavy atom. The highest BCUT2D eigenvalue weighted by Gasteiger charge is 2.09. The van der Waals surface area contributed by atoms with E-state index in [1.54, 1.807) is 12.3 Å². The van der Waals surface area contributed by atoms with Crippen LogP contribution in [0, 0.1) is 11.7 Å². The fraction of sp³-hybridized carbons (Fsp3) is 0.357. The fourth-order valence-corrected chi connectivity index (χ4v) is 1.86. The third kappa shape index (κ3) is 3.24. The van der Waals surface area contributed by atoms with Crippen LogP contribution in [0.25, 0.3) is 0 Å². The van der Waals surface area contributed by atoms with Crippen LogP contribution in [-0.4, -0.2) is 16.7 Å². The maximum absolute atomic E-state index is 13.1. The molecular formula is C14H18FN3O. The SMILES string of the molecule is COc1cc(F)ccc1Nc1nccn1CC(C)C. The van der Waals surface area contributed by atoms with Gasteiger partial charge < -0.3 is 14.6 Å². The first-order valence-electron chi connectivity index (χ1n) is 6.22. The molecule has 1 heterocycles. The molecule has 102 valence electrons. The van der Waals surface area contributed by atoms with Crippen molar-refractivity contribution in [3.05, 3.63) is 36.4 Å². The van der Waals surface area contributed by atoms with Gasteiger partial charge in [-0.3, -0.25) is 0 Å². The van der Waals surface area contributed by atoms with E-state index in [9.17, 15) is 4.39 Å². The summed E-state index contributed by atoms with van der Waals surface area (Å²) in [5.74, 6) is 1.37. The molecule has 0 fully saturated rings. The van der Waals surface area contributed by atoms with E-state index >= 15 is 0 Å². The van der Waals surface area contributed by atoms with Crippen LogP contribution in [0.4, 0.5) is 16.0 Å². The number of aromatic nitrogens is 2. The summed E-state index contributed by atoms with van der Waals surface area (Å²) in [6.45, 7) is 5.15. The largest absolute Gasteiger partial charge is 0.494 e. The number of hydrogen-bond donors (Lipinski definition) is 1. The van der Waals surface area contributed by atoms with Crippen LogP contribution in [0.15, 0.2) is 30.6 Å². The van der Waals surface area contributed by atoms with Crippen LogP contribution in [0.5, 0.6) is 5.75 Å². The van der Waals surface area contributed by atoms with E-state index in [0.29, 0.717) is 17.4 Å². The predicted octanol–water partition coefficient (Wildman–Crippen LogP) is 3.43. The van der Waals surface area contributed by atoms with E-state index in [4.69, 9.17) is 4.74 Å². The third-order valence-electron chi connectivity index (χ3n) is 2.69. The van der Waals surface area contributed by atoms with E-state index in [1.165, 1.54) is 19.2 Å². The molecule has 0 spiro atoms. The number of halogens is 1. The second kappa shape index (κ2) is 5.73. The number of hydrogen-bond acceptors (Lipinski definition) is 3. The number of ether oxygens (including phenoxy) is 1. The van der Waals surface area contributed by atoms with Crippen molar-refractivity contribution in [3.8, 4) is 5.75 Å². The average Bonchev–Trinajstić information content (AvgIpc) is 2.78. The van der Waals surface area contributed by atoms with Gasteiger partial charge in [-0.2, -0.15) is 0 Å². The Morgan fingerprint density at radius 1 is 1.42 bits per heavy atom. The van der Waals surface area contributed by atoms with E-state index in [0.717, 1.165) is 12.5 Å². The van der Waals surface area contributed by atoms with Crippen molar-refractivity contribution in [3.63, 3.8) is 0 Å². The summed E-state index contributed by atoms with van der Waals surface area (Å²) in [5, 5.41) is 3.16. The molecule has 2 aromatic rings. The first-order chi connectivity index (χ1) is 9.10. The van der Waals surface area contributed by atoms with Crippen molar-refractivity contribution in [1.82, 2.24) is 9.55 Å². The first-order valence-corrected chi connectivity index (χ1v) is 6.22. The molecule has 0 atom stereocenters. The molecule has 0 unspecified atom stereocenters. The Balaban J connectivity index is 2.24. The number of nitrogens with zero attached hydrogens (tertiary/aromatic N) is 2. The quantitative estimate of drug-likeness (QED) is 0.898. The van der Waals surface area contributed by atoms with E-state index < -0.39 is 0 Å². The van der Waals surface area contributed by atoms with Gasteiger partial charge in [0.25, 0.3) is 0 Å². The molecule has 0 aliphatic heterocycles. The topological polar surface area (TPSA) is 39.1 Å². The summed E-state index contributed by atoms with van der Waals surface area (Å²) < 4.78 is 20.3. The Morgan fingerprint density at radius 2 is 2.21 bits per heavy atom. The van der Waals surface area contributed by atoms with Crippen LogP contribution in [0.3, 0.4) is 0 Å². The van der Waals surface area contributed by atoms with Crippen LogP contribution in [-0.2, 0) is 6.54 Å². The lowest BCUT2D eigenvalue weighted by Gasteiger charge is -2.13. The lowest BCUT2D eigenvalue weighted by molar-refractivity contribution is 0.413. The highest BCUT2D eigenvalue weighted by Crippen LogP contribution is 2.27. The van der Waals surface area contributed by atoms with Crippen molar-refractivity contribution < 1.29 is 9.13 Å². The molecule has 0 radical (unpaired) electrons.